The molecule has 0 saturated carbocycles. The SMILES string of the molecule is N#Cc1ccc(-c2ccc3c(c2)c2ccccc2n3-c2cc(-c3c(C#N)cccc3C(F)(F)F)cc(-n3c4ccccc4c4cc(-c5ccc(C#N)cc5)ccc43)c2C#N)cc1. The number of hydrogen-bond donors (Lipinski definition) is 0. The van der Waals surface area contributed by atoms with E-state index in [4.69, 9.17) is 0 Å². The summed E-state index contributed by atoms with van der Waals surface area (Å²) in [7, 11) is 0. The Bertz CT molecular complexity index is 3460. The number of hydrogen-bond acceptors (Lipinski definition) is 4. The summed E-state index contributed by atoms with van der Waals surface area (Å²) in [5, 5.41) is 43.9. The number of alkyl halides is 3. The van der Waals surface area contributed by atoms with Crippen molar-refractivity contribution in [3.63, 3.8) is 0 Å². The second-order valence-electron chi connectivity index (χ2n) is 14.9. The molecule has 0 radical (unpaired) electrons. The van der Waals surface area contributed by atoms with E-state index in [0.717, 1.165) is 60.9 Å². The predicted octanol–water partition coefficient (Wildman–Crippen LogP) is 13.4. The van der Waals surface area contributed by atoms with Crippen molar-refractivity contribution in [2.24, 2.45) is 0 Å². The van der Waals surface area contributed by atoms with Gasteiger partial charge in [0, 0.05) is 27.1 Å². The van der Waals surface area contributed by atoms with Gasteiger partial charge >= 0.3 is 6.18 Å². The quantitative estimate of drug-likeness (QED) is 0.173. The fraction of sp³-hybridized carbons (Fsp3) is 0.0189. The second-order valence-corrected chi connectivity index (χ2v) is 14.9. The van der Waals surface area contributed by atoms with Gasteiger partial charge in [0.05, 0.1) is 73.9 Å². The number of para-hydroxylation sites is 2. The van der Waals surface area contributed by atoms with Crippen LogP contribution < -0.4 is 0 Å². The summed E-state index contributed by atoms with van der Waals surface area (Å²) < 4.78 is 48.9. The molecule has 0 atom stereocenters. The van der Waals surface area contributed by atoms with Gasteiger partial charge in [0.25, 0.3) is 0 Å². The van der Waals surface area contributed by atoms with Gasteiger partial charge in [0.15, 0.2) is 0 Å². The summed E-state index contributed by atoms with van der Waals surface area (Å²) in [6, 6.07) is 57.3. The van der Waals surface area contributed by atoms with Crippen LogP contribution in [0.1, 0.15) is 27.8 Å². The van der Waals surface area contributed by atoms with E-state index < -0.39 is 11.7 Å². The third-order valence-corrected chi connectivity index (χ3v) is 11.5. The minimum atomic E-state index is -4.81. The highest BCUT2D eigenvalue weighted by Crippen LogP contribution is 2.45. The van der Waals surface area contributed by atoms with Crippen molar-refractivity contribution < 1.29 is 13.2 Å². The van der Waals surface area contributed by atoms with Gasteiger partial charge in [-0.2, -0.15) is 34.2 Å². The highest BCUT2D eigenvalue weighted by atomic mass is 19.4. The third kappa shape index (κ3) is 5.93. The van der Waals surface area contributed by atoms with Crippen LogP contribution in [0.25, 0.3) is 88.4 Å². The molecule has 0 spiro atoms. The van der Waals surface area contributed by atoms with E-state index in [0.29, 0.717) is 33.5 Å². The molecule has 290 valence electrons. The zero-order valence-electron chi connectivity index (χ0n) is 32.4. The predicted molar refractivity (Wildman–Crippen MR) is 235 cm³/mol. The Morgan fingerprint density at radius 2 is 0.839 bits per heavy atom. The first-order valence-corrected chi connectivity index (χ1v) is 19.5. The number of fused-ring (bicyclic) bond motifs is 6. The van der Waals surface area contributed by atoms with Crippen molar-refractivity contribution >= 4 is 43.6 Å². The van der Waals surface area contributed by atoms with Crippen LogP contribution in [-0.2, 0) is 6.18 Å². The van der Waals surface area contributed by atoms with Crippen LogP contribution in [0.2, 0.25) is 0 Å². The molecular weight excluding hydrogens is 778 g/mol. The molecule has 0 amide bonds. The van der Waals surface area contributed by atoms with Gasteiger partial charge in [-0.05, 0) is 113 Å². The molecule has 0 fully saturated rings. The van der Waals surface area contributed by atoms with Crippen molar-refractivity contribution in [3.05, 3.63) is 192 Å². The van der Waals surface area contributed by atoms with Crippen LogP contribution in [-0.4, -0.2) is 9.13 Å². The van der Waals surface area contributed by atoms with Crippen LogP contribution in [0, 0.1) is 45.3 Å². The lowest BCUT2D eigenvalue weighted by molar-refractivity contribution is -0.137. The Labute approximate surface area is 352 Å². The Morgan fingerprint density at radius 1 is 0.387 bits per heavy atom. The molecule has 0 saturated heterocycles. The Hall–Kier alpha value is -8.89. The molecule has 0 aliphatic heterocycles. The molecule has 2 aromatic heterocycles. The molecule has 8 aromatic carbocycles. The fourth-order valence-corrected chi connectivity index (χ4v) is 8.71. The van der Waals surface area contributed by atoms with E-state index in [1.54, 1.807) is 36.4 Å². The highest BCUT2D eigenvalue weighted by Gasteiger charge is 2.35. The average Bonchev–Trinajstić information content (AvgIpc) is 3.82. The number of benzene rings is 8. The zero-order chi connectivity index (χ0) is 42.7. The topological polar surface area (TPSA) is 105 Å². The van der Waals surface area contributed by atoms with Gasteiger partial charge in [-0.3, -0.25) is 0 Å². The van der Waals surface area contributed by atoms with E-state index in [9.17, 15) is 21.0 Å². The lowest BCUT2D eigenvalue weighted by Crippen LogP contribution is -2.10. The highest BCUT2D eigenvalue weighted by molar-refractivity contribution is 6.12. The lowest BCUT2D eigenvalue weighted by atomic mass is 9.92. The fourth-order valence-electron chi connectivity index (χ4n) is 8.71. The smallest absolute Gasteiger partial charge is 0.308 e. The molecule has 2 heterocycles. The first-order chi connectivity index (χ1) is 30.2. The van der Waals surface area contributed by atoms with E-state index in [2.05, 4.69) is 18.2 Å². The lowest BCUT2D eigenvalue weighted by Gasteiger charge is -2.20. The minimum absolute atomic E-state index is 0.110. The molecule has 6 nitrogen and oxygen atoms in total. The molecule has 0 aliphatic rings. The zero-order valence-corrected chi connectivity index (χ0v) is 32.4. The monoisotopic (exact) mass is 804 g/mol. The van der Waals surface area contributed by atoms with Crippen molar-refractivity contribution in [1.29, 1.82) is 21.0 Å². The van der Waals surface area contributed by atoms with E-state index in [1.165, 1.54) is 12.1 Å². The van der Waals surface area contributed by atoms with E-state index in [1.807, 2.05) is 124 Å². The Kier molecular flexibility index (Phi) is 8.70. The van der Waals surface area contributed by atoms with Gasteiger partial charge < -0.3 is 9.13 Å². The van der Waals surface area contributed by atoms with Crippen molar-refractivity contribution in [1.82, 2.24) is 9.13 Å². The number of rotatable bonds is 5. The van der Waals surface area contributed by atoms with Crippen molar-refractivity contribution in [2.45, 2.75) is 6.18 Å². The van der Waals surface area contributed by atoms with Crippen molar-refractivity contribution in [2.75, 3.05) is 0 Å². The summed E-state index contributed by atoms with van der Waals surface area (Å²) in [4.78, 5) is 0. The molecule has 0 bridgehead atoms. The number of nitrogens with zero attached hydrogens (tertiary/aromatic N) is 6. The minimum Gasteiger partial charge on any atom is -0.308 e. The summed E-state index contributed by atoms with van der Waals surface area (Å²) in [6.45, 7) is 0. The van der Waals surface area contributed by atoms with E-state index >= 15 is 13.2 Å². The first-order valence-electron chi connectivity index (χ1n) is 19.5. The van der Waals surface area contributed by atoms with Gasteiger partial charge in [-0.25, -0.2) is 0 Å². The number of aromatic nitrogens is 2. The van der Waals surface area contributed by atoms with Crippen LogP contribution >= 0.6 is 0 Å². The molecule has 10 aromatic rings. The van der Waals surface area contributed by atoms with Crippen LogP contribution in [0.3, 0.4) is 0 Å². The molecule has 9 heteroatoms. The van der Waals surface area contributed by atoms with Crippen molar-refractivity contribution in [3.8, 4) is 69.0 Å². The summed E-state index contributed by atoms with van der Waals surface area (Å²) >= 11 is 0. The first kappa shape index (κ1) is 37.4. The number of nitriles is 4. The Morgan fingerprint density at radius 3 is 1.27 bits per heavy atom. The van der Waals surface area contributed by atoms with Gasteiger partial charge in [-0.15, -0.1) is 0 Å². The molecule has 10 rings (SSSR count). The van der Waals surface area contributed by atoms with Gasteiger partial charge in [0.1, 0.15) is 11.6 Å². The Balaban J connectivity index is 1.32. The molecular formula is C53H27F3N6. The summed E-state index contributed by atoms with van der Waals surface area (Å²) in [5.74, 6) is 0. The molecule has 0 aliphatic carbocycles. The third-order valence-electron chi connectivity index (χ3n) is 11.5. The largest absolute Gasteiger partial charge is 0.417 e. The standard InChI is InChI=1S/C53H27F3N6/c54-53(55,56)45-9-5-6-38(30-59)52(45)39-26-50(61-46-10-3-1-7-40(46)42-24-36(20-22-48(42)61)34-16-12-32(28-57)13-17-34)44(31-60)51(27-39)62-47-11-4-2-8-41(47)43-25-37(21-23-49(43)62)35-18-14-33(29-58)15-19-35/h1-27H. The second kappa shape index (κ2) is 14.4. The van der Waals surface area contributed by atoms with Crippen LogP contribution in [0.5, 0.6) is 0 Å². The summed E-state index contributed by atoms with van der Waals surface area (Å²) in [5.41, 5.74) is 7.06. The van der Waals surface area contributed by atoms with Gasteiger partial charge in [0.2, 0.25) is 0 Å². The molecule has 62 heavy (non-hydrogen) atoms. The van der Waals surface area contributed by atoms with E-state index in [-0.39, 0.29) is 22.3 Å². The van der Waals surface area contributed by atoms with Crippen LogP contribution in [0.15, 0.2) is 164 Å². The maximum absolute atomic E-state index is 15.0. The van der Waals surface area contributed by atoms with Gasteiger partial charge in [-0.1, -0.05) is 78.9 Å². The maximum atomic E-state index is 15.0. The number of halogens is 3. The molecule has 0 N–H and O–H groups in total. The normalized spacial score (nSPS) is 11.4. The van der Waals surface area contributed by atoms with Crippen LogP contribution in [0.4, 0.5) is 13.2 Å². The molecule has 0 unspecified atom stereocenters. The average molecular weight is 805 g/mol. The maximum Gasteiger partial charge on any atom is 0.417 e. The summed E-state index contributed by atoms with van der Waals surface area (Å²) in [6.07, 6.45) is -4.81.